The molecule has 0 aromatic carbocycles. The Morgan fingerprint density at radius 3 is 2.44 bits per heavy atom. The maximum Gasteiger partial charge on any atom is 0.327 e. The zero-order valence-corrected chi connectivity index (χ0v) is 11.4. The first-order valence-corrected chi connectivity index (χ1v) is 6.63. The van der Waals surface area contributed by atoms with Crippen molar-refractivity contribution in [1.82, 2.24) is 10.6 Å². The number of rotatable bonds is 5. The molecule has 104 valence electrons. The van der Waals surface area contributed by atoms with Crippen molar-refractivity contribution >= 4 is 11.9 Å². The number of aliphatic carboxylic acids is 1. The Balaban J connectivity index is 2.38. The van der Waals surface area contributed by atoms with E-state index in [-0.39, 0.29) is 5.91 Å². The van der Waals surface area contributed by atoms with Gasteiger partial charge in [0, 0.05) is 19.5 Å². The summed E-state index contributed by atoms with van der Waals surface area (Å²) in [6.45, 7) is 6.13. The second kappa shape index (κ2) is 6.73. The Bertz CT molecular complexity index is 307. The van der Waals surface area contributed by atoms with Crippen LogP contribution < -0.4 is 10.6 Å². The molecule has 0 aromatic rings. The van der Waals surface area contributed by atoms with E-state index in [1.807, 2.05) is 0 Å². The van der Waals surface area contributed by atoms with Crippen LogP contribution in [-0.2, 0) is 9.59 Å². The standard InChI is InChI=1S/C13H24N2O3/c1-8-4-5-11(6-9(8)2)14-7-12(13(17)18)15-10(3)16/h8-9,11-12,14H,4-7H2,1-3H3,(H,15,16)(H,17,18). The first-order valence-electron chi connectivity index (χ1n) is 6.63. The van der Waals surface area contributed by atoms with E-state index in [0.29, 0.717) is 18.5 Å². The van der Waals surface area contributed by atoms with E-state index in [1.54, 1.807) is 0 Å². The fraction of sp³-hybridized carbons (Fsp3) is 0.846. The number of carbonyl (C=O) groups excluding carboxylic acids is 1. The van der Waals surface area contributed by atoms with Gasteiger partial charge in [0.1, 0.15) is 6.04 Å². The second-order valence-corrected chi connectivity index (χ2v) is 5.46. The summed E-state index contributed by atoms with van der Waals surface area (Å²) in [5, 5.41) is 14.7. The molecule has 0 saturated heterocycles. The molecule has 5 heteroatoms. The zero-order valence-electron chi connectivity index (χ0n) is 11.4. The van der Waals surface area contributed by atoms with Crippen molar-refractivity contribution in [3.63, 3.8) is 0 Å². The van der Waals surface area contributed by atoms with Crippen molar-refractivity contribution in [2.24, 2.45) is 11.8 Å². The summed E-state index contributed by atoms with van der Waals surface area (Å²) in [5.41, 5.74) is 0. The van der Waals surface area contributed by atoms with Crippen LogP contribution in [0.5, 0.6) is 0 Å². The number of hydrogen-bond acceptors (Lipinski definition) is 3. The van der Waals surface area contributed by atoms with Gasteiger partial charge in [0.2, 0.25) is 5.91 Å². The molecule has 0 spiro atoms. The normalized spacial score (nSPS) is 29.6. The first-order chi connectivity index (χ1) is 8.40. The summed E-state index contributed by atoms with van der Waals surface area (Å²) >= 11 is 0. The molecule has 1 aliphatic carbocycles. The molecule has 18 heavy (non-hydrogen) atoms. The summed E-state index contributed by atoms with van der Waals surface area (Å²) in [4.78, 5) is 21.9. The Labute approximate surface area is 108 Å². The predicted octanol–water partition coefficient (Wildman–Crippen LogP) is 0.990. The molecule has 0 aromatic heterocycles. The van der Waals surface area contributed by atoms with Crippen LogP contribution in [0.25, 0.3) is 0 Å². The largest absolute Gasteiger partial charge is 0.480 e. The first kappa shape index (κ1) is 15.0. The van der Waals surface area contributed by atoms with Gasteiger partial charge in [-0.1, -0.05) is 13.8 Å². The van der Waals surface area contributed by atoms with E-state index in [1.165, 1.54) is 13.3 Å². The van der Waals surface area contributed by atoms with E-state index < -0.39 is 12.0 Å². The van der Waals surface area contributed by atoms with Gasteiger partial charge in [-0.05, 0) is 31.1 Å². The molecular formula is C13H24N2O3. The molecule has 5 nitrogen and oxygen atoms in total. The lowest BCUT2D eigenvalue weighted by Crippen LogP contribution is -2.49. The third-order valence-electron chi connectivity index (χ3n) is 3.88. The van der Waals surface area contributed by atoms with Crippen molar-refractivity contribution < 1.29 is 14.7 Å². The van der Waals surface area contributed by atoms with Crippen LogP contribution in [0, 0.1) is 11.8 Å². The SMILES string of the molecule is CC(=O)NC(CNC1CCC(C)C(C)C1)C(=O)O. The van der Waals surface area contributed by atoms with E-state index in [2.05, 4.69) is 24.5 Å². The highest BCUT2D eigenvalue weighted by Crippen LogP contribution is 2.29. The number of nitrogens with one attached hydrogen (secondary N) is 2. The topological polar surface area (TPSA) is 78.4 Å². The van der Waals surface area contributed by atoms with Gasteiger partial charge in [-0.25, -0.2) is 4.79 Å². The number of carboxylic acid groups (broad SMARTS) is 1. The minimum atomic E-state index is -0.991. The van der Waals surface area contributed by atoms with Gasteiger partial charge < -0.3 is 15.7 Å². The minimum Gasteiger partial charge on any atom is -0.480 e. The van der Waals surface area contributed by atoms with Crippen molar-refractivity contribution in [2.45, 2.75) is 52.1 Å². The maximum atomic E-state index is 11.0. The molecule has 0 radical (unpaired) electrons. The number of amides is 1. The average Bonchev–Trinajstić information content (AvgIpc) is 2.28. The van der Waals surface area contributed by atoms with Crippen molar-refractivity contribution in [1.29, 1.82) is 0 Å². The highest BCUT2D eigenvalue weighted by molar-refractivity contribution is 5.82. The van der Waals surface area contributed by atoms with E-state index in [4.69, 9.17) is 5.11 Å². The van der Waals surface area contributed by atoms with Crippen LogP contribution in [0.15, 0.2) is 0 Å². The molecule has 0 aliphatic heterocycles. The fourth-order valence-corrected chi connectivity index (χ4v) is 2.46. The second-order valence-electron chi connectivity index (χ2n) is 5.46. The number of hydrogen-bond donors (Lipinski definition) is 3. The minimum absolute atomic E-state index is 0.292. The van der Waals surface area contributed by atoms with Gasteiger partial charge in [0.05, 0.1) is 0 Å². The molecule has 1 aliphatic rings. The lowest BCUT2D eigenvalue weighted by molar-refractivity contribution is -0.141. The summed E-state index contributed by atoms with van der Waals surface area (Å²) in [7, 11) is 0. The molecule has 1 fully saturated rings. The van der Waals surface area contributed by atoms with Gasteiger partial charge in [-0.15, -0.1) is 0 Å². The van der Waals surface area contributed by atoms with Crippen LogP contribution in [0.1, 0.15) is 40.0 Å². The van der Waals surface area contributed by atoms with Crippen molar-refractivity contribution in [3.05, 3.63) is 0 Å². The van der Waals surface area contributed by atoms with Crippen LogP contribution in [0.2, 0.25) is 0 Å². The smallest absolute Gasteiger partial charge is 0.327 e. The summed E-state index contributed by atoms with van der Waals surface area (Å²) in [6, 6.07) is -0.469. The van der Waals surface area contributed by atoms with Crippen molar-refractivity contribution in [2.75, 3.05) is 6.54 Å². The molecule has 1 rings (SSSR count). The molecule has 1 amide bonds. The lowest BCUT2D eigenvalue weighted by Gasteiger charge is -2.33. The van der Waals surface area contributed by atoms with Crippen LogP contribution >= 0.6 is 0 Å². The molecule has 3 N–H and O–H groups in total. The lowest BCUT2D eigenvalue weighted by atomic mass is 9.79. The number of carbonyl (C=O) groups is 2. The molecule has 1 saturated carbocycles. The Hall–Kier alpha value is -1.10. The van der Waals surface area contributed by atoms with Crippen LogP contribution in [-0.4, -0.2) is 35.6 Å². The van der Waals surface area contributed by atoms with Gasteiger partial charge in [0.25, 0.3) is 0 Å². The Morgan fingerprint density at radius 1 is 1.28 bits per heavy atom. The average molecular weight is 256 g/mol. The van der Waals surface area contributed by atoms with Crippen molar-refractivity contribution in [3.8, 4) is 0 Å². The third kappa shape index (κ3) is 4.64. The molecule has 4 atom stereocenters. The van der Waals surface area contributed by atoms with Gasteiger partial charge in [0.15, 0.2) is 0 Å². The fourth-order valence-electron chi connectivity index (χ4n) is 2.46. The molecular weight excluding hydrogens is 232 g/mol. The summed E-state index contributed by atoms with van der Waals surface area (Å²) in [5.74, 6) is 0.110. The maximum absolute atomic E-state index is 11.0. The Morgan fingerprint density at radius 2 is 1.94 bits per heavy atom. The monoisotopic (exact) mass is 256 g/mol. The highest BCUT2D eigenvalue weighted by Gasteiger charge is 2.26. The molecule has 0 heterocycles. The van der Waals surface area contributed by atoms with E-state index >= 15 is 0 Å². The quantitative estimate of drug-likeness (QED) is 0.685. The number of carboxylic acids is 1. The van der Waals surface area contributed by atoms with Gasteiger partial charge in [-0.3, -0.25) is 4.79 Å². The summed E-state index contributed by atoms with van der Waals surface area (Å²) in [6.07, 6.45) is 3.34. The highest BCUT2D eigenvalue weighted by atomic mass is 16.4. The third-order valence-corrected chi connectivity index (χ3v) is 3.88. The van der Waals surface area contributed by atoms with Gasteiger partial charge >= 0.3 is 5.97 Å². The zero-order chi connectivity index (χ0) is 13.7. The van der Waals surface area contributed by atoms with Crippen LogP contribution in [0.3, 0.4) is 0 Å². The molecule has 4 unspecified atom stereocenters. The van der Waals surface area contributed by atoms with E-state index in [9.17, 15) is 9.59 Å². The van der Waals surface area contributed by atoms with Crippen LogP contribution in [0.4, 0.5) is 0 Å². The predicted molar refractivity (Wildman–Crippen MR) is 69.2 cm³/mol. The summed E-state index contributed by atoms with van der Waals surface area (Å²) < 4.78 is 0. The van der Waals surface area contributed by atoms with Gasteiger partial charge in [-0.2, -0.15) is 0 Å². The molecule has 0 bridgehead atoms. The Kier molecular flexibility index (Phi) is 5.59. The van der Waals surface area contributed by atoms with E-state index in [0.717, 1.165) is 18.8 Å².